The first-order valence-corrected chi connectivity index (χ1v) is 12.9. The third kappa shape index (κ3) is 7.02. The molecule has 13 heteroatoms. The van der Waals surface area contributed by atoms with E-state index in [4.69, 9.17) is 14.7 Å². The summed E-state index contributed by atoms with van der Waals surface area (Å²) < 4.78 is 33.8. The first-order valence-electron chi connectivity index (χ1n) is 11.1. The minimum Gasteiger partial charge on any atom is -0.382 e. The van der Waals surface area contributed by atoms with Gasteiger partial charge < -0.3 is 30.2 Å². The number of amides is 2. The number of rotatable bonds is 9. The van der Waals surface area contributed by atoms with Crippen molar-refractivity contribution in [2.45, 2.75) is 26.8 Å². The van der Waals surface area contributed by atoms with Crippen LogP contribution in [0.5, 0.6) is 5.75 Å². The number of anilines is 3. The number of primary amides is 1. The SMILES string of the molecule is CC(C)[C@@H](C)Nc1nc(Nc2ccc(OS(C)(=O)=O)c(C(=O)N3CCOCC3)c2)ncc1C(N)=O. The van der Waals surface area contributed by atoms with E-state index in [1.807, 2.05) is 20.8 Å². The molecule has 1 fully saturated rings. The van der Waals surface area contributed by atoms with Crippen molar-refractivity contribution in [3.63, 3.8) is 0 Å². The summed E-state index contributed by atoms with van der Waals surface area (Å²) in [6, 6.07) is 4.38. The molecular weight excluding hydrogens is 476 g/mol. The molecule has 1 aromatic carbocycles. The van der Waals surface area contributed by atoms with Crippen molar-refractivity contribution in [1.82, 2.24) is 14.9 Å². The van der Waals surface area contributed by atoms with Crippen LogP contribution in [0.3, 0.4) is 0 Å². The Morgan fingerprint density at radius 1 is 1.17 bits per heavy atom. The van der Waals surface area contributed by atoms with E-state index in [9.17, 15) is 18.0 Å². The predicted molar refractivity (Wildman–Crippen MR) is 130 cm³/mol. The zero-order chi connectivity index (χ0) is 25.8. The van der Waals surface area contributed by atoms with Crippen molar-refractivity contribution < 1.29 is 26.9 Å². The lowest BCUT2D eigenvalue weighted by atomic mass is 10.1. The minimum atomic E-state index is -3.87. The van der Waals surface area contributed by atoms with E-state index in [0.29, 0.717) is 32.0 Å². The first kappa shape index (κ1) is 26.2. The van der Waals surface area contributed by atoms with Crippen molar-refractivity contribution in [2.75, 3.05) is 43.2 Å². The standard InChI is InChI=1S/C22H30N6O6S/c1-13(2)14(3)25-20-17(19(23)29)12-24-22(27-20)26-15-5-6-18(34-35(4,31)32)16(11-15)21(30)28-7-9-33-10-8-28/h5-6,11-14H,7-10H2,1-4H3,(H2,23,29)(H2,24,25,26,27)/t14-/m1/s1. The number of benzene rings is 1. The van der Waals surface area contributed by atoms with Crippen LogP contribution in [0.25, 0.3) is 0 Å². The lowest BCUT2D eigenvalue weighted by Gasteiger charge is -2.27. The van der Waals surface area contributed by atoms with Gasteiger partial charge in [0.1, 0.15) is 5.82 Å². The van der Waals surface area contributed by atoms with Gasteiger partial charge in [0.2, 0.25) is 5.95 Å². The minimum absolute atomic E-state index is 0.000946. The molecule has 2 amide bonds. The molecule has 4 N–H and O–H groups in total. The number of aromatic nitrogens is 2. The molecule has 1 saturated heterocycles. The van der Waals surface area contributed by atoms with Crippen LogP contribution in [0.1, 0.15) is 41.5 Å². The van der Waals surface area contributed by atoms with Gasteiger partial charge in [-0.1, -0.05) is 13.8 Å². The Labute approximate surface area is 204 Å². The Morgan fingerprint density at radius 3 is 2.46 bits per heavy atom. The highest BCUT2D eigenvalue weighted by molar-refractivity contribution is 7.86. The molecular formula is C22H30N6O6S. The number of carbonyl (C=O) groups excluding carboxylic acids is 2. The number of morpholine rings is 1. The van der Waals surface area contributed by atoms with Crippen LogP contribution >= 0.6 is 0 Å². The Kier molecular flexibility index (Phi) is 8.12. The summed E-state index contributed by atoms with van der Waals surface area (Å²) >= 11 is 0. The molecule has 0 bridgehead atoms. The van der Waals surface area contributed by atoms with E-state index in [0.717, 1.165) is 6.26 Å². The van der Waals surface area contributed by atoms with E-state index < -0.39 is 21.9 Å². The third-order valence-electron chi connectivity index (χ3n) is 5.42. The van der Waals surface area contributed by atoms with E-state index in [-0.39, 0.29) is 40.6 Å². The van der Waals surface area contributed by atoms with Crippen molar-refractivity contribution >= 4 is 39.4 Å². The monoisotopic (exact) mass is 506 g/mol. The van der Waals surface area contributed by atoms with E-state index >= 15 is 0 Å². The van der Waals surface area contributed by atoms with Gasteiger partial charge in [-0.15, -0.1) is 0 Å². The quantitative estimate of drug-likeness (QED) is 0.425. The van der Waals surface area contributed by atoms with Crippen molar-refractivity contribution in [3.8, 4) is 5.75 Å². The molecule has 0 aliphatic carbocycles. The summed E-state index contributed by atoms with van der Waals surface area (Å²) in [5.41, 5.74) is 6.08. The molecule has 1 atom stereocenters. The number of nitrogens with one attached hydrogen (secondary N) is 2. The second-order valence-corrected chi connectivity index (χ2v) is 10.1. The van der Waals surface area contributed by atoms with Gasteiger partial charge in [0.05, 0.1) is 30.6 Å². The van der Waals surface area contributed by atoms with Crippen LogP contribution in [-0.4, -0.2) is 73.7 Å². The molecule has 1 aliphatic heterocycles. The topological polar surface area (TPSA) is 166 Å². The van der Waals surface area contributed by atoms with Crippen LogP contribution in [0.15, 0.2) is 24.4 Å². The maximum Gasteiger partial charge on any atom is 0.306 e. The predicted octanol–water partition coefficient (Wildman–Crippen LogP) is 1.59. The van der Waals surface area contributed by atoms with Crippen LogP contribution in [-0.2, 0) is 14.9 Å². The highest BCUT2D eigenvalue weighted by atomic mass is 32.2. The fourth-order valence-electron chi connectivity index (χ4n) is 3.19. The van der Waals surface area contributed by atoms with Crippen LogP contribution in [0.4, 0.5) is 17.5 Å². The average molecular weight is 507 g/mol. The number of nitrogens with zero attached hydrogens (tertiary/aromatic N) is 3. The molecule has 0 saturated carbocycles. The molecule has 1 aliphatic rings. The molecule has 0 spiro atoms. The zero-order valence-electron chi connectivity index (χ0n) is 20.1. The van der Waals surface area contributed by atoms with E-state index in [1.165, 1.54) is 24.4 Å². The summed E-state index contributed by atoms with van der Waals surface area (Å²) in [5, 5.41) is 6.16. The van der Waals surface area contributed by atoms with Crippen molar-refractivity contribution in [3.05, 3.63) is 35.5 Å². The van der Waals surface area contributed by atoms with Crippen LogP contribution < -0.4 is 20.6 Å². The zero-order valence-corrected chi connectivity index (χ0v) is 20.9. The summed E-state index contributed by atoms with van der Waals surface area (Å²) in [4.78, 5) is 35.1. The average Bonchev–Trinajstić information content (AvgIpc) is 2.79. The van der Waals surface area contributed by atoms with Gasteiger partial charge in [0, 0.05) is 31.0 Å². The van der Waals surface area contributed by atoms with Gasteiger partial charge in [0.25, 0.3) is 11.8 Å². The smallest absolute Gasteiger partial charge is 0.306 e. The summed E-state index contributed by atoms with van der Waals surface area (Å²) in [6.45, 7) is 7.51. The van der Waals surface area contributed by atoms with Gasteiger partial charge >= 0.3 is 10.1 Å². The third-order valence-corrected chi connectivity index (χ3v) is 5.91. The molecule has 0 unspecified atom stereocenters. The summed E-state index contributed by atoms with van der Waals surface area (Å²) in [7, 11) is -3.87. The Morgan fingerprint density at radius 2 is 1.86 bits per heavy atom. The summed E-state index contributed by atoms with van der Waals surface area (Å²) in [6.07, 6.45) is 2.22. The van der Waals surface area contributed by atoms with Gasteiger partial charge in [-0.3, -0.25) is 9.59 Å². The molecule has 190 valence electrons. The lowest BCUT2D eigenvalue weighted by molar-refractivity contribution is 0.0302. The van der Waals surface area contributed by atoms with E-state index in [1.54, 1.807) is 4.90 Å². The number of ether oxygens (including phenoxy) is 1. The molecule has 2 heterocycles. The van der Waals surface area contributed by atoms with Gasteiger partial charge in [-0.05, 0) is 31.0 Å². The maximum atomic E-state index is 13.1. The second-order valence-electron chi connectivity index (χ2n) is 8.53. The molecule has 2 aromatic rings. The second kappa shape index (κ2) is 10.9. The van der Waals surface area contributed by atoms with Gasteiger partial charge in [-0.25, -0.2) is 4.98 Å². The highest BCUT2D eigenvalue weighted by Gasteiger charge is 2.24. The van der Waals surface area contributed by atoms with Crippen LogP contribution in [0, 0.1) is 5.92 Å². The Bertz CT molecular complexity index is 1200. The van der Waals surface area contributed by atoms with Crippen molar-refractivity contribution in [1.29, 1.82) is 0 Å². The molecule has 0 radical (unpaired) electrons. The highest BCUT2D eigenvalue weighted by Crippen LogP contribution is 2.28. The van der Waals surface area contributed by atoms with Crippen molar-refractivity contribution in [2.24, 2.45) is 11.7 Å². The molecule has 1 aromatic heterocycles. The van der Waals surface area contributed by atoms with Gasteiger partial charge in [0.15, 0.2) is 5.75 Å². The number of hydrogen-bond donors (Lipinski definition) is 3. The first-order chi connectivity index (χ1) is 16.4. The normalized spacial score (nSPS) is 14.9. The largest absolute Gasteiger partial charge is 0.382 e. The Balaban J connectivity index is 1.94. The fourth-order valence-corrected chi connectivity index (χ4v) is 3.66. The molecule has 3 rings (SSSR count). The number of hydrogen-bond acceptors (Lipinski definition) is 10. The number of carbonyl (C=O) groups is 2. The lowest BCUT2D eigenvalue weighted by Crippen LogP contribution is -2.40. The molecule has 12 nitrogen and oxygen atoms in total. The van der Waals surface area contributed by atoms with Gasteiger partial charge in [-0.2, -0.15) is 13.4 Å². The molecule has 35 heavy (non-hydrogen) atoms. The fraction of sp³-hybridized carbons (Fsp3) is 0.455. The Hall–Kier alpha value is -3.45. The van der Waals surface area contributed by atoms with Crippen LogP contribution in [0.2, 0.25) is 0 Å². The number of nitrogens with two attached hydrogens (primary N) is 1. The summed E-state index contributed by atoms with van der Waals surface area (Å²) in [5.74, 6) is -0.469. The van der Waals surface area contributed by atoms with E-state index in [2.05, 4.69) is 20.6 Å². The maximum absolute atomic E-state index is 13.1.